The van der Waals surface area contributed by atoms with Gasteiger partial charge in [-0.15, -0.1) is 0 Å². The lowest BCUT2D eigenvalue weighted by Crippen LogP contribution is -2.34. The average molecular weight is 328 g/mol. The fourth-order valence-corrected chi connectivity index (χ4v) is 2.67. The Morgan fingerprint density at radius 1 is 1.38 bits per heavy atom. The molecule has 0 radical (unpaired) electrons. The number of carbonyl (C=O) groups is 2. The molecule has 0 saturated heterocycles. The number of hydrogen-bond acceptors (Lipinski definition) is 5. The predicted octanol–water partition coefficient (Wildman–Crippen LogP) is 2.70. The van der Waals surface area contributed by atoms with Gasteiger partial charge in [0.05, 0.1) is 0 Å². The third-order valence-corrected chi connectivity index (χ3v) is 3.95. The number of rotatable bonds is 5. The molecule has 7 heteroatoms. The van der Waals surface area contributed by atoms with Gasteiger partial charge in [-0.1, -0.05) is 12.1 Å². The van der Waals surface area contributed by atoms with E-state index in [1.165, 1.54) is 0 Å². The second-order valence-electron chi connectivity index (χ2n) is 5.84. The molecule has 0 aliphatic carbocycles. The van der Waals surface area contributed by atoms with E-state index in [-0.39, 0.29) is 11.8 Å². The molecule has 0 bridgehead atoms. The summed E-state index contributed by atoms with van der Waals surface area (Å²) in [5, 5.41) is 12.6. The van der Waals surface area contributed by atoms with E-state index in [4.69, 9.17) is 4.52 Å². The summed E-state index contributed by atoms with van der Waals surface area (Å²) in [7, 11) is 0. The SMILES string of the molecule is CCC(Nc1ccc2c(c1)CCC(=O)N2)C(=O)Nc1cc(C)on1. The van der Waals surface area contributed by atoms with Crippen LogP contribution >= 0.6 is 0 Å². The molecule has 1 aromatic heterocycles. The minimum atomic E-state index is -0.391. The molecule has 1 aromatic carbocycles. The van der Waals surface area contributed by atoms with E-state index >= 15 is 0 Å². The summed E-state index contributed by atoms with van der Waals surface area (Å²) in [5.41, 5.74) is 2.76. The Morgan fingerprint density at radius 2 is 2.21 bits per heavy atom. The number of anilines is 3. The standard InChI is InChI=1S/C17H20N4O3/c1-3-13(17(23)20-15-8-10(2)24-21-15)18-12-5-6-14-11(9-12)4-7-16(22)19-14/h5-6,8-9,13,18H,3-4,7H2,1-2H3,(H,19,22)(H,20,21,23). The second-order valence-corrected chi connectivity index (χ2v) is 5.84. The Hall–Kier alpha value is -2.83. The van der Waals surface area contributed by atoms with Crippen molar-refractivity contribution in [2.45, 2.75) is 39.2 Å². The fraction of sp³-hybridized carbons (Fsp3) is 0.353. The molecule has 0 spiro atoms. The third kappa shape index (κ3) is 3.56. The first kappa shape index (κ1) is 16.0. The highest BCUT2D eigenvalue weighted by molar-refractivity contribution is 5.96. The van der Waals surface area contributed by atoms with Gasteiger partial charge < -0.3 is 20.5 Å². The Morgan fingerprint density at radius 3 is 2.92 bits per heavy atom. The van der Waals surface area contributed by atoms with E-state index in [9.17, 15) is 9.59 Å². The van der Waals surface area contributed by atoms with Crippen LogP contribution in [0.4, 0.5) is 17.2 Å². The lowest BCUT2D eigenvalue weighted by Gasteiger charge is -2.21. The monoisotopic (exact) mass is 328 g/mol. The number of aryl methyl sites for hydroxylation is 2. The van der Waals surface area contributed by atoms with E-state index in [0.29, 0.717) is 30.8 Å². The van der Waals surface area contributed by atoms with Crippen molar-refractivity contribution >= 4 is 29.0 Å². The van der Waals surface area contributed by atoms with Crippen LogP contribution in [0.2, 0.25) is 0 Å². The highest BCUT2D eigenvalue weighted by Gasteiger charge is 2.19. The van der Waals surface area contributed by atoms with Crippen molar-refractivity contribution in [2.75, 3.05) is 16.0 Å². The molecular weight excluding hydrogens is 308 g/mol. The zero-order valence-corrected chi connectivity index (χ0v) is 13.7. The quantitative estimate of drug-likeness (QED) is 0.784. The molecule has 7 nitrogen and oxygen atoms in total. The van der Waals surface area contributed by atoms with Crippen molar-refractivity contribution in [3.05, 3.63) is 35.6 Å². The first-order valence-corrected chi connectivity index (χ1v) is 7.98. The normalized spacial score (nSPS) is 14.5. The number of hydrogen-bond donors (Lipinski definition) is 3. The molecule has 0 saturated carbocycles. The largest absolute Gasteiger partial charge is 0.374 e. The van der Waals surface area contributed by atoms with Crippen molar-refractivity contribution in [3.8, 4) is 0 Å². The van der Waals surface area contributed by atoms with Crippen LogP contribution in [-0.4, -0.2) is 23.0 Å². The lowest BCUT2D eigenvalue weighted by atomic mass is 10.0. The predicted molar refractivity (Wildman–Crippen MR) is 91.0 cm³/mol. The Kier molecular flexibility index (Phi) is 4.50. The minimum Gasteiger partial charge on any atom is -0.374 e. The first-order valence-electron chi connectivity index (χ1n) is 7.98. The van der Waals surface area contributed by atoms with Gasteiger partial charge in [0.15, 0.2) is 5.82 Å². The maximum atomic E-state index is 12.4. The first-order chi connectivity index (χ1) is 11.5. The number of fused-ring (bicyclic) bond motifs is 1. The topological polar surface area (TPSA) is 96.3 Å². The van der Waals surface area contributed by atoms with Crippen molar-refractivity contribution in [1.82, 2.24) is 5.16 Å². The maximum Gasteiger partial charge on any atom is 0.248 e. The van der Waals surface area contributed by atoms with Crippen LogP contribution in [0.25, 0.3) is 0 Å². The molecule has 3 N–H and O–H groups in total. The highest BCUT2D eigenvalue weighted by atomic mass is 16.5. The van der Waals surface area contributed by atoms with Crippen LogP contribution in [-0.2, 0) is 16.0 Å². The van der Waals surface area contributed by atoms with E-state index in [1.807, 2.05) is 25.1 Å². The van der Waals surface area contributed by atoms with Crippen molar-refractivity contribution in [2.24, 2.45) is 0 Å². The summed E-state index contributed by atoms with van der Waals surface area (Å²) in [4.78, 5) is 23.8. The van der Waals surface area contributed by atoms with Gasteiger partial charge in [-0.2, -0.15) is 0 Å². The zero-order valence-electron chi connectivity index (χ0n) is 13.7. The van der Waals surface area contributed by atoms with Crippen LogP contribution in [0.3, 0.4) is 0 Å². The van der Waals surface area contributed by atoms with Gasteiger partial charge in [0.2, 0.25) is 11.8 Å². The number of nitrogens with one attached hydrogen (secondary N) is 3. The van der Waals surface area contributed by atoms with Crippen molar-refractivity contribution in [1.29, 1.82) is 0 Å². The molecule has 3 rings (SSSR count). The van der Waals surface area contributed by atoms with Gasteiger partial charge in [0.25, 0.3) is 0 Å². The lowest BCUT2D eigenvalue weighted by molar-refractivity contribution is -0.117. The average Bonchev–Trinajstić information content (AvgIpc) is 2.97. The summed E-state index contributed by atoms with van der Waals surface area (Å²) < 4.78 is 4.95. The Labute approximate surface area is 139 Å². The van der Waals surface area contributed by atoms with Crippen LogP contribution in [0, 0.1) is 6.92 Å². The highest BCUT2D eigenvalue weighted by Crippen LogP contribution is 2.26. The summed E-state index contributed by atoms with van der Waals surface area (Å²) in [6, 6.07) is 6.98. The third-order valence-electron chi connectivity index (χ3n) is 3.95. The minimum absolute atomic E-state index is 0.0388. The second kappa shape index (κ2) is 6.74. The van der Waals surface area contributed by atoms with E-state index in [2.05, 4.69) is 21.1 Å². The molecule has 1 atom stereocenters. The summed E-state index contributed by atoms with van der Waals surface area (Å²) >= 11 is 0. The smallest absolute Gasteiger partial charge is 0.248 e. The molecule has 1 aliphatic heterocycles. The molecule has 24 heavy (non-hydrogen) atoms. The summed E-state index contributed by atoms with van der Waals surface area (Å²) in [5.74, 6) is 0.919. The molecule has 2 heterocycles. The van der Waals surface area contributed by atoms with E-state index < -0.39 is 6.04 Å². The van der Waals surface area contributed by atoms with Crippen molar-refractivity contribution < 1.29 is 14.1 Å². The Bertz CT molecular complexity index is 769. The number of benzene rings is 1. The number of amides is 2. The van der Waals surface area contributed by atoms with Gasteiger partial charge in [-0.25, -0.2) is 0 Å². The van der Waals surface area contributed by atoms with Crippen molar-refractivity contribution in [3.63, 3.8) is 0 Å². The van der Waals surface area contributed by atoms with Crippen LogP contribution in [0.1, 0.15) is 31.1 Å². The van der Waals surface area contributed by atoms with E-state index in [0.717, 1.165) is 16.9 Å². The molecule has 1 aliphatic rings. The summed E-state index contributed by atoms with van der Waals surface area (Å²) in [6.07, 6.45) is 1.81. The summed E-state index contributed by atoms with van der Waals surface area (Å²) in [6.45, 7) is 3.70. The molecular formula is C17H20N4O3. The number of nitrogens with zero attached hydrogens (tertiary/aromatic N) is 1. The molecule has 2 aromatic rings. The van der Waals surface area contributed by atoms with Gasteiger partial charge >= 0.3 is 0 Å². The van der Waals surface area contributed by atoms with Gasteiger partial charge in [0, 0.05) is 23.9 Å². The molecule has 1 unspecified atom stereocenters. The van der Waals surface area contributed by atoms with Gasteiger partial charge in [-0.05, 0) is 43.5 Å². The number of carbonyl (C=O) groups excluding carboxylic acids is 2. The van der Waals surface area contributed by atoms with Crippen LogP contribution in [0.15, 0.2) is 28.8 Å². The molecule has 2 amide bonds. The molecule has 0 fully saturated rings. The fourth-order valence-electron chi connectivity index (χ4n) is 2.67. The van der Waals surface area contributed by atoms with Crippen LogP contribution < -0.4 is 16.0 Å². The zero-order chi connectivity index (χ0) is 17.1. The Balaban J connectivity index is 1.68. The number of aromatic nitrogens is 1. The van der Waals surface area contributed by atoms with E-state index in [1.54, 1.807) is 13.0 Å². The van der Waals surface area contributed by atoms with Gasteiger partial charge in [0.1, 0.15) is 11.8 Å². The van der Waals surface area contributed by atoms with Gasteiger partial charge in [-0.3, -0.25) is 9.59 Å². The van der Waals surface area contributed by atoms with Crippen LogP contribution in [0.5, 0.6) is 0 Å². The molecule has 126 valence electrons. The maximum absolute atomic E-state index is 12.4.